The van der Waals surface area contributed by atoms with Crippen LogP contribution in [0.3, 0.4) is 0 Å². The molecule has 3 aromatic rings. The molecule has 1 aromatic heterocycles. The number of benzene rings is 2. The van der Waals surface area contributed by atoms with Crippen LogP contribution < -0.4 is 11.1 Å². The first-order valence-corrected chi connectivity index (χ1v) is 7.07. The van der Waals surface area contributed by atoms with Crippen molar-refractivity contribution in [2.24, 2.45) is 5.73 Å². The van der Waals surface area contributed by atoms with Crippen LogP contribution in [0.2, 0.25) is 0 Å². The van der Waals surface area contributed by atoms with Crippen LogP contribution >= 0.6 is 0 Å². The lowest BCUT2D eigenvalue weighted by Crippen LogP contribution is -2.10. The number of carbonyl (C=O) groups excluding carboxylic acids is 1. The van der Waals surface area contributed by atoms with E-state index in [4.69, 9.17) is 10.8 Å². The number of aromatic carboxylic acids is 1. The Labute approximate surface area is 140 Å². The molecule has 1 heterocycles. The molecule has 0 unspecified atom stereocenters. The zero-order chi connectivity index (χ0) is 18.1. The van der Waals surface area contributed by atoms with Gasteiger partial charge in [0.15, 0.2) is 0 Å². The lowest BCUT2D eigenvalue weighted by Gasteiger charge is -2.09. The maximum atomic E-state index is 11.3. The Morgan fingerprint density at radius 3 is 2.60 bits per heavy atom. The van der Waals surface area contributed by atoms with E-state index in [1.54, 1.807) is 18.2 Å². The van der Waals surface area contributed by atoms with E-state index in [0.29, 0.717) is 22.3 Å². The number of fused-ring (bicyclic) bond motifs is 1. The molecule has 0 aliphatic heterocycles. The van der Waals surface area contributed by atoms with E-state index >= 15 is 0 Å². The van der Waals surface area contributed by atoms with E-state index in [-0.39, 0.29) is 16.9 Å². The summed E-state index contributed by atoms with van der Waals surface area (Å²) in [5.74, 6) is -1.82. The molecule has 3 rings (SSSR count). The molecule has 25 heavy (non-hydrogen) atoms. The summed E-state index contributed by atoms with van der Waals surface area (Å²) in [4.78, 5) is 35.5. The minimum atomic E-state index is -1.23. The number of carbonyl (C=O) groups is 2. The maximum absolute atomic E-state index is 11.3. The molecular formula is C16H12N4O5. The third-order valence-electron chi connectivity index (χ3n) is 3.63. The van der Waals surface area contributed by atoms with Crippen molar-refractivity contribution in [1.29, 1.82) is 0 Å². The molecule has 0 radical (unpaired) electrons. The van der Waals surface area contributed by atoms with Crippen molar-refractivity contribution in [2.75, 3.05) is 5.32 Å². The highest BCUT2D eigenvalue weighted by molar-refractivity contribution is 6.04. The predicted octanol–water partition coefficient (Wildman–Crippen LogP) is 2.62. The minimum Gasteiger partial charge on any atom is -0.477 e. The number of hydrogen-bond acceptors (Lipinski definition) is 5. The van der Waals surface area contributed by atoms with Crippen LogP contribution in [0, 0.1) is 10.1 Å². The number of rotatable bonds is 5. The molecule has 9 heteroatoms. The van der Waals surface area contributed by atoms with Crippen molar-refractivity contribution >= 4 is 39.8 Å². The van der Waals surface area contributed by atoms with Gasteiger partial charge in [-0.15, -0.1) is 0 Å². The van der Waals surface area contributed by atoms with Crippen molar-refractivity contribution < 1.29 is 19.6 Å². The first-order valence-electron chi connectivity index (χ1n) is 7.07. The molecule has 0 bridgehead atoms. The fourth-order valence-electron chi connectivity index (χ4n) is 2.49. The van der Waals surface area contributed by atoms with Gasteiger partial charge in [-0.3, -0.25) is 14.9 Å². The van der Waals surface area contributed by atoms with Crippen LogP contribution in [0.15, 0.2) is 42.5 Å². The van der Waals surface area contributed by atoms with Gasteiger partial charge in [0.25, 0.3) is 5.69 Å². The normalized spacial score (nSPS) is 10.6. The highest BCUT2D eigenvalue weighted by Gasteiger charge is 2.19. The fourth-order valence-corrected chi connectivity index (χ4v) is 2.49. The van der Waals surface area contributed by atoms with E-state index in [0.717, 1.165) is 0 Å². The van der Waals surface area contributed by atoms with E-state index in [1.165, 1.54) is 24.3 Å². The molecule has 0 spiro atoms. The number of nitrogens with zero attached hydrogens (tertiary/aromatic N) is 1. The van der Waals surface area contributed by atoms with Crippen LogP contribution in [0.5, 0.6) is 0 Å². The van der Waals surface area contributed by atoms with E-state index < -0.39 is 16.8 Å². The molecule has 5 N–H and O–H groups in total. The van der Waals surface area contributed by atoms with Crippen molar-refractivity contribution in [1.82, 2.24) is 4.98 Å². The second kappa shape index (κ2) is 5.96. The molecule has 0 aliphatic rings. The van der Waals surface area contributed by atoms with Gasteiger partial charge in [-0.2, -0.15) is 0 Å². The van der Waals surface area contributed by atoms with Gasteiger partial charge in [0, 0.05) is 28.4 Å². The summed E-state index contributed by atoms with van der Waals surface area (Å²) in [5.41, 5.74) is 6.21. The first-order chi connectivity index (χ1) is 11.9. The van der Waals surface area contributed by atoms with Gasteiger partial charge >= 0.3 is 5.97 Å². The Morgan fingerprint density at radius 1 is 1.20 bits per heavy atom. The lowest BCUT2D eigenvalue weighted by molar-refractivity contribution is -0.383. The number of carboxylic acid groups (broad SMARTS) is 1. The molecule has 0 saturated heterocycles. The molecular weight excluding hydrogens is 328 g/mol. The summed E-state index contributed by atoms with van der Waals surface area (Å²) in [7, 11) is 0. The van der Waals surface area contributed by atoms with Gasteiger partial charge in [-0.25, -0.2) is 4.79 Å². The summed E-state index contributed by atoms with van der Waals surface area (Å²) < 4.78 is 0. The summed E-state index contributed by atoms with van der Waals surface area (Å²) in [6.45, 7) is 0. The lowest BCUT2D eigenvalue weighted by atomic mass is 10.1. The summed E-state index contributed by atoms with van der Waals surface area (Å²) in [6.07, 6.45) is 0. The van der Waals surface area contributed by atoms with Crippen molar-refractivity contribution in [3.8, 4) is 0 Å². The Bertz CT molecular complexity index is 1020. The summed E-state index contributed by atoms with van der Waals surface area (Å²) >= 11 is 0. The summed E-state index contributed by atoms with van der Waals surface area (Å²) in [5, 5.41) is 23.6. The molecule has 1 amide bonds. The number of hydrogen-bond donors (Lipinski definition) is 4. The smallest absolute Gasteiger partial charge is 0.352 e. The van der Waals surface area contributed by atoms with Crippen LogP contribution in [0.4, 0.5) is 17.1 Å². The van der Waals surface area contributed by atoms with Gasteiger partial charge in [0.1, 0.15) is 11.2 Å². The number of nitrogens with one attached hydrogen (secondary N) is 2. The molecule has 0 saturated carbocycles. The van der Waals surface area contributed by atoms with Gasteiger partial charge in [0.2, 0.25) is 5.91 Å². The molecule has 0 aliphatic carbocycles. The van der Waals surface area contributed by atoms with E-state index in [2.05, 4.69) is 10.3 Å². The molecule has 126 valence electrons. The topological polar surface area (TPSA) is 151 Å². The zero-order valence-corrected chi connectivity index (χ0v) is 12.6. The van der Waals surface area contributed by atoms with Gasteiger partial charge < -0.3 is 21.1 Å². The average Bonchev–Trinajstić information content (AvgIpc) is 3.01. The predicted molar refractivity (Wildman–Crippen MR) is 90.2 cm³/mol. The number of anilines is 2. The van der Waals surface area contributed by atoms with Crippen LogP contribution in [0.1, 0.15) is 20.8 Å². The summed E-state index contributed by atoms with van der Waals surface area (Å²) in [6, 6.07) is 10.4. The van der Waals surface area contributed by atoms with Crippen molar-refractivity contribution in [3.63, 3.8) is 0 Å². The molecule has 0 fully saturated rings. The Balaban J connectivity index is 2.12. The van der Waals surface area contributed by atoms with Crippen LogP contribution in [0.25, 0.3) is 10.9 Å². The zero-order valence-electron chi connectivity index (χ0n) is 12.6. The number of amides is 1. The molecule has 0 atom stereocenters. The number of non-ortho nitro benzene ring substituents is 1. The Kier molecular flexibility index (Phi) is 3.82. The van der Waals surface area contributed by atoms with Gasteiger partial charge in [-0.1, -0.05) is 6.07 Å². The number of H-pyrrole nitrogens is 1. The van der Waals surface area contributed by atoms with Crippen LogP contribution in [-0.2, 0) is 0 Å². The second-order valence-corrected chi connectivity index (χ2v) is 5.24. The Morgan fingerprint density at radius 2 is 1.96 bits per heavy atom. The fraction of sp³-hybridized carbons (Fsp3) is 0. The number of carboxylic acids is 1. The van der Waals surface area contributed by atoms with Crippen LogP contribution in [-0.4, -0.2) is 26.9 Å². The Hall–Kier alpha value is -3.88. The largest absolute Gasteiger partial charge is 0.477 e. The van der Waals surface area contributed by atoms with Gasteiger partial charge in [-0.05, 0) is 30.3 Å². The average molecular weight is 340 g/mol. The number of aromatic nitrogens is 1. The number of nitro groups is 1. The highest BCUT2D eigenvalue weighted by Crippen LogP contribution is 2.33. The first kappa shape index (κ1) is 16.0. The molecule has 2 aromatic carbocycles. The van der Waals surface area contributed by atoms with E-state index in [9.17, 15) is 19.7 Å². The third-order valence-corrected chi connectivity index (χ3v) is 3.63. The maximum Gasteiger partial charge on any atom is 0.352 e. The number of primary amides is 1. The number of aromatic amines is 1. The number of nitrogens with two attached hydrogens (primary N) is 1. The SMILES string of the molecule is NC(=O)c1cccc(Nc2ccc([N+](=O)[O-])c3[nH]c(C(=O)O)cc23)c1. The molecule has 9 nitrogen and oxygen atoms in total. The third kappa shape index (κ3) is 2.98. The highest BCUT2D eigenvalue weighted by atomic mass is 16.6. The standard InChI is InChI=1S/C16H12N4O5/c17-15(21)8-2-1-3-9(6-8)18-11-4-5-13(20(24)25)14-10(11)7-12(19-14)16(22)23/h1-7,18-19H,(H2,17,21)(H,22,23). The minimum absolute atomic E-state index is 0.0958. The van der Waals surface area contributed by atoms with E-state index in [1.807, 2.05) is 0 Å². The van der Waals surface area contributed by atoms with Crippen molar-refractivity contribution in [2.45, 2.75) is 0 Å². The quantitative estimate of drug-likeness (QED) is 0.414. The van der Waals surface area contributed by atoms with Crippen molar-refractivity contribution in [3.05, 3.63) is 63.8 Å². The second-order valence-electron chi connectivity index (χ2n) is 5.24. The van der Waals surface area contributed by atoms with Gasteiger partial charge in [0.05, 0.1) is 4.92 Å². The number of nitro benzene ring substituents is 1. The monoisotopic (exact) mass is 340 g/mol.